The SMILES string of the molecule is O=C(Nc1ccc(SCC(=O)c2ccc(-c3ccccc3)cc2)cc1)/C(=C/c1cccc2ccccc12)NC(=O)c1ccccc1. The number of hydrogen-bond acceptors (Lipinski definition) is 4. The lowest BCUT2D eigenvalue weighted by atomic mass is 10.0. The minimum atomic E-state index is -0.452. The first kappa shape index (κ1) is 30.3. The zero-order valence-corrected chi connectivity index (χ0v) is 25.7. The number of hydrogen-bond donors (Lipinski definition) is 2. The molecule has 6 aromatic rings. The van der Waals surface area contributed by atoms with Crippen molar-refractivity contribution in [2.24, 2.45) is 0 Å². The molecule has 0 spiro atoms. The molecule has 0 aliphatic heterocycles. The second-order valence-electron chi connectivity index (χ2n) is 10.6. The molecular formula is C40H30N2O3S. The molecule has 0 fully saturated rings. The summed E-state index contributed by atoms with van der Waals surface area (Å²) in [5, 5.41) is 7.71. The smallest absolute Gasteiger partial charge is 0.272 e. The molecule has 0 radical (unpaired) electrons. The molecule has 0 saturated heterocycles. The molecule has 0 bridgehead atoms. The summed E-state index contributed by atoms with van der Waals surface area (Å²) in [6, 6.07) is 47.5. The summed E-state index contributed by atoms with van der Waals surface area (Å²) in [5.74, 6) is -0.501. The van der Waals surface area contributed by atoms with Gasteiger partial charge in [0, 0.05) is 21.7 Å². The van der Waals surface area contributed by atoms with Crippen molar-refractivity contribution < 1.29 is 14.4 Å². The number of amides is 2. The zero-order valence-electron chi connectivity index (χ0n) is 24.9. The maximum atomic E-state index is 13.5. The van der Waals surface area contributed by atoms with Crippen LogP contribution in [0.5, 0.6) is 0 Å². The van der Waals surface area contributed by atoms with E-state index in [2.05, 4.69) is 10.6 Å². The quantitative estimate of drug-likeness (QED) is 0.0914. The van der Waals surface area contributed by atoms with Gasteiger partial charge in [-0.25, -0.2) is 0 Å². The highest BCUT2D eigenvalue weighted by Crippen LogP contribution is 2.25. The number of benzene rings is 6. The third kappa shape index (κ3) is 7.49. The predicted octanol–water partition coefficient (Wildman–Crippen LogP) is 8.89. The van der Waals surface area contributed by atoms with Crippen LogP contribution < -0.4 is 10.6 Å². The van der Waals surface area contributed by atoms with Crippen molar-refractivity contribution >= 4 is 51.9 Å². The van der Waals surface area contributed by atoms with E-state index in [1.165, 1.54) is 11.8 Å². The highest BCUT2D eigenvalue weighted by Gasteiger charge is 2.16. The van der Waals surface area contributed by atoms with Crippen LogP contribution in [0.3, 0.4) is 0 Å². The molecule has 0 aromatic heterocycles. The van der Waals surface area contributed by atoms with Gasteiger partial charge >= 0.3 is 0 Å². The Hall–Kier alpha value is -5.72. The molecule has 6 aromatic carbocycles. The Morgan fingerprint density at radius 3 is 1.96 bits per heavy atom. The molecule has 2 amide bonds. The number of fused-ring (bicyclic) bond motifs is 1. The van der Waals surface area contributed by atoms with Crippen LogP contribution in [0.25, 0.3) is 28.0 Å². The number of carbonyl (C=O) groups is 3. The number of Topliss-reactive ketones (excluding diaryl/α,β-unsaturated/α-hetero) is 1. The molecule has 0 unspecified atom stereocenters. The van der Waals surface area contributed by atoms with Gasteiger partial charge in [0.25, 0.3) is 11.8 Å². The topological polar surface area (TPSA) is 75.3 Å². The maximum Gasteiger partial charge on any atom is 0.272 e. The summed E-state index contributed by atoms with van der Waals surface area (Å²) >= 11 is 1.44. The maximum absolute atomic E-state index is 13.5. The Morgan fingerprint density at radius 1 is 0.587 bits per heavy atom. The average molecular weight is 619 g/mol. The van der Waals surface area contributed by atoms with Crippen molar-refractivity contribution in [2.45, 2.75) is 4.90 Å². The van der Waals surface area contributed by atoms with Crippen molar-refractivity contribution in [3.8, 4) is 11.1 Å². The number of carbonyl (C=O) groups excluding carboxylic acids is 3. The van der Waals surface area contributed by atoms with E-state index >= 15 is 0 Å². The Kier molecular flexibility index (Phi) is 9.47. The number of anilines is 1. The monoisotopic (exact) mass is 618 g/mol. The highest BCUT2D eigenvalue weighted by atomic mass is 32.2. The van der Waals surface area contributed by atoms with E-state index < -0.39 is 5.91 Å². The third-order valence-electron chi connectivity index (χ3n) is 7.45. The summed E-state index contributed by atoms with van der Waals surface area (Å²) in [7, 11) is 0. The van der Waals surface area contributed by atoms with Crippen LogP contribution >= 0.6 is 11.8 Å². The van der Waals surface area contributed by atoms with Crippen molar-refractivity contribution in [3.63, 3.8) is 0 Å². The zero-order chi connectivity index (χ0) is 31.7. The van der Waals surface area contributed by atoms with E-state index in [1.54, 1.807) is 42.5 Å². The summed E-state index contributed by atoms with van der Waals surface area (Å²) < 4.78 is 0. The van der Waals surface area contributed by atoms with Crippen LogP contribution in [-0.2, 0) is 4.79 Å². The van der Waals surface area contributed by atoms with E-state index in [0.29, 0.717) is 22.6 Å². The Labute approximate surface area is 272 Å². The van der Waals surface area contributed by atoms with E-state index in [0.717, 1.165) is 32.4 Å². The fourth-order valence-corrected chi connectivity index (χ4v) is 5.81. The first-order valence-electron chi connectivity index (χ1n) is 14.8. The summed E-state index contributed by atoms with van der Waals surface area (Å²) in [4.78, 5) is 40.4. The minimum absolute atomic E-state index is 0.0411. The summed E-state index contributed by atoms with van der Waals surface area (Å²) in [6.07, 6.45) is 1.70. The van der Waals surface area contributed by atoms with Gasteiger partial charge in [0.2, 0.25) is 0 Å². The number of rotatable bonds is 10. The molecule has 224 valence electrons. The normalized spacial score (nSPS) is 11.2. The molecule has 0 saturated carbocycles. The standard InChI is InChI=1S/C40H30N2O3S/c43-38(31-20-18-29(19-21-31)28-10-3-1-4-11-28)27-46-35-24-22-34(23-25-35)41-40(45)37(42-39(44)32-13-5-2-6-14-32)26-33-16-9-15-30-12-7-8-17-36(30)33/h1-26H,27H2,(H,41,45)(H,42,44)/b37-26-. The van der Waals surface area contributed by atoms with Crippen molar-refractivity contribution in [2.75, 3.05) is 11.1 Å². The van der Waals surface area contributed by atoms with Gasteiger partial charge in [0.1, 0.15) is 5.70 Å². The van der Waals surface area contributed by atoms with E-state index in [9.17, 15) is 14.4 Å². The molecule has 0 aliphatic rings. The van der Waals surface area contributed by atoms with Crippen molar-refractivity contribution in [3.05, 3.63) is 174 Å². The van der Waals surface area contributed by atoms with Gasteiger partial charge in [0.15, 0.2) is 5.78 Å². The lowest BCUT2D eigenvalue weighted by Crippen LogP contribution is -2.30. The van der Waals surface area contributed by atoms with Crippen LogP contribution in [0.15, 0.2) is 162 Å². The molecule has 2 N–H and O–H groups in total. The van der Waals surface area contributed by atoms with E-state index in [4.69, 9.17) is 0 Å². The lowest BCUT2D eigenvalue weighted by molar-refractivity contribution is -0.113. The Bertz CT molecular complexity index is 2020. The third-order valence-corrected chi connectivity index (χ3v) is 8.46. The van der Waals surface area contributed by atoms with Gasteiger partial charge in [-0.3, -0.25) is 14.4 Å². The largest absolute Gasteiger partial charge is 0.321 e. The Morgan fingerprint density at radius 2 is 1.22 bits per heavy atom. The van der Waals surface area contributed by atoms with Gasteiger partial charge in [-0.2, -0.15) is 0 Å². The minimum Gasteiger partial charge on any atom is -0.321 e. The van der Waals surface area contributed by atoms with E-state index in [1.807, 2.05) is 115 Å². The lowest BCUT2D eigenvalue weighted by Gasteiger charge is -2.12. The van der Waals surface area contributed by atoms with Crippen molar-refractivity contribution in [1.29, 1.82) is 0 Å². The second kappa shape index (κ2) is 14.4. The molecule has 5 nitrogen and oxygen atoms in total. The second-order valence-corrected chi connectivity index (χ2v) is 11.6. The van der Waals surface area contributed by atoms with Crippen LogP contribution in [-0.4, -0.2) is 23.4 Å². The van der Waals surface area contributed by atoms with E-state index in [-0.39, 0.29) is 17.4 Å². The van der Waals surface area contributed by atoms with Gasteiger partial charge in [-0.05, 0) is 69.9 Å². The fraction of sp³-hybridized carbons (Fsp3) is 0.0250. The van der Waals surface area contributed by atoms with Crippen LogP contribution in [0.2, 0.25) is 0 Å². The van der Waals surface area contributed by atoms with Gasteiger partial charge in [0.05, 0.1) is 5.75 Å². The molecule has 0 aliphatic carbocycles. The molecule has 6 heteroatoms. The number of thioether (sulfide) groups is 1. The fourth-order valence-electron chi connectivity index (χ4n) is 5.02. The van der Waals surface area contributed by atoms with Gasteiger partial charge < -0.3 is 10.6 Å². The molecule has 46 heavy (non-hydrogen) atoms. The Balaban J connectivity index is 1.13. The molecule has 0 heterocycles. The van der Waals surface area contributed by atoms with Gasteiger partial charge in [-0.1, -0.05) is 115 Å². The predicted molar refractivity (Wildman–Crippen MR) is 188 cm³/mol. The van der Waals surface area contributed by atoms with Crippen LogP contribution in [0.1, 0.15) is 26.3 Å². The van der Waals surface area contributed by atoms with Crippen LogP contribution in [0, 0.1) is 0 Å². The van der Waals surface area contributed by atoms with Crippen molar-refractivity contribution in [1.82, 2.24) is 5.32 Å². The summed E-state index contributed by atoms with van der Waals surface area (Å²) in [6.45, 7) is 0. The molecule has 0 atom stereocenters. The first-order valence-corrected chi connectivity index (χ1v) is 15.8. The molecular weight excluding hydrogens is 589 g/mol. The average Bonchev–Trinajstić information content (AvgIpc) is 3.12. The first-order chi connectivity index (χ1) is 22.5. The number of ketones is 1. The van der Waals surface area contributed by atoms with Gasteiger partial charge in [-0.15, -0.1) is 11.8 Å². The number of nitrogens with one attached hydrogen (secondary N) is 2. The van der Waals surface area contributed by atoms with Crippen LogP contribution in [0.4, 0.5) is 5.69 Å². The highest BCUT2D eigenvalue weighted by molar-refractivity contribution is 8.00. The summed E-state index contributed by atoms with van der Waals surface area (Å²) in [5.41, 5.74) is 4.78. The molecule has 6 rings (SSSR count).